The molecule has 0 aliphatic heterocycles. The Morgan fingerprint density at radius 3 is 1.94 bits per heavy atom. The molecule has 0 aliphatic carbocycles. The van der Waals surface area contributed by atoms with Crippen LogP contribution < -0.4 is 4.74 Å². The number of rotatable bonds is 1. The van der Waals surface area contributed by atoms with Crippen LogP contribution in [0.2, 0.25) is 0 Å². The van der Waals surface area contributed by atoms with Crippen molar-refractivity contribution < 1.29 is 4.74 Å². The molecule has 90 valence electrons. The molecule has 0 spiro atoms. The van der Waals surface area contributed by atoms with E-state index in [2.05, 4.69) is 52.6 Å². The molecule has 0 radical (unpaired) electrons. The van der Waals surface area contributed by atoms with E-state index in [1.165, 1.54) is 11.1 Å². The van der Waals surface area contributed by atoms with Crippen molar-refractivity contribution in [2.75, 3.05) is 7.11 Å². The van der Waals surface area contributed by atoms with E-state index in [9.17, 15) is 0 Å². The molecule has 2 heteroatoms. The van der Waals surface area contributed by atoms with Gasteiger partial charge in [-0.15, -0.1) is 0 Å². The molecule has 0 saturated heterocycles. The van der Waals surface area contributed by atoms with Gasteiger partial charge >= 0.3 is 0 Å². The number of hydrogen-bond acceptors (Lipinski definition) is 2. The minimum Gasteiger partial charge on any atom is -0.481 e. The van der Waals surface area contributed by atoms with Crippen LogP contribution in [-0.4, -0.2) is 12.1 Å². The number of nitrogens with zero attached hydrogens (tertiary/aromatic N) is 1. The van der Waals surface area contributed by atoms with Gasteiger partial charge in [0, 0.05) is 11.8 Å². The van der Waals surface area contributed by atoms with Gasteiger partial charge in [-0.3, -0.25) is 0 Å². The molecule has 2 nitrogen and oxygen atoms in total. The first-order valence-corrected chi connectivity index (χ1v) is 5.72. The summed E-state index contributed by atoms with van der Waals surface area (Å²) in [5.41, 5.74) is 2.68. The van der Waals surface area contributed by atoms with Gasteiger partial charge in [0.05, 0.1) is 7.11 Å². The SMILES string of the molecule is COc1nccc(C(C)(C)C)c1C(C)(C)C. The van der Waals surface area contributed by atoms with Gasteiger partial charge in [0.25, 0.3) is 0 Å². The van der Waals surface area contributed by atoms with E-state index in [1.54, 1.807) is 7.11 Å². The summed E-state index contributed by atoms with van der Waals surface area (Å²) in [6.07, 6.45) is 1.83. The predicted octanol–water partition coefficient (Wildman–Crippen LogP) is 3.69. The highest BCUT2D eigenvalue weighted by Crippen LogP contribution is 2.38. The van der Waals surface area contributed by atoms with Crippen LogP contribution in [0.5, 0.6) is 5.88 Å². The summed E-state index contributed by atoms with van der Waals surface area (Å²) in [4.78, 5) is 4.32. The van der Waals surface area contributed by atoms with E-state index in [4.69, 9.17) is 4.74 Å². The van der Waals surface area contributed by atoms with E-state index in [0.29, 0.717) is 0 Å². The molecule has 0 aliphatic rings. The van der Waals surface area contributed by atoms with Crippen molar-refractivity contribution in [3.05, 3.63) is 23.4 Å². The predicted molar refractivity (Wildman–Crippen MR) is 68.2 cm³/mol. The quantitative estimate of drug-likeness (QED) is 0.721. The Bertz CT molecular complexity index is 369. The maximum Gasteiger partial charge on any atom is 0.217 e. The maximum atomic E-state index is 5.40. The highest BCUT2D eigenvalue weighted by Gasteiger charge is 2.28. The first-order valence-electron chi connectivity index (χ1n) is 5.72. The molecular formula is C14H23NO. The van der Waals surface area contributed by atoms with Crippen molar-refractivity contribution >= 4 is 0 Å². The van der Waals surface area contributed by atoms with Crippen LogP contribution in [0.15, 0.2) is 12.3 Å². The van der Waals surface area contributed by atoms with Gasteiger partial charge in [-0.05, 0) is 22.5 Å². The van der Waals surface area contributed by atoms with E-state index < -0.39 is 0 Å². The van der Waals surface area contributed by atoms with Gasteiger partial charge in [-0.25, -0.2) is 4.98 Å². The number of hydrogen-bond donors (Lipinski definition) is 0. The molecule has 0 aromatic carbocycles. The molecule has 0 amide bonds. The molecule has 0 bridgehead atoms. The molecule has 0 unspecified atom stereocenters. The monoisotopic (exact) mass is 221 g/mol. The molecule has 1 heterocycles. The molecular weight excluding hydrogens is 198 g/mol. The Balaban J connectivity index is 3.51. The number of aromatic nitrogens is 1. The van der Waals surface area contributed by atoms with Crippen LogP contribution in [-0.2, 0) is 10.8 Å². The van der Waals surface area contributed by atoms with Gasteiger partial charge in [0.2, 0.25) is 5.88 Å². The lowest BCUT2D eigenvalue weighted by molar-refractivity contribution is 0.375. The highest BCUT2D eigenvalue weighted by atomic mass is 16.5. The maximum absolute atomic E-state index is 5.40. The lowest BCUT2D eigenvalue weighted by atomic mass is 9.76. The summed E-state index contributed by atoms with van der Waals surface area (Å²) >= 11 is 0. The Labute approximate surface area is 99.0 Å². The van der Waals surface area contributed by atoms with Crippen molar-refractivity contribution in [1.29, 1.82) is 0 Å². The fraction of sp³-hybridized carbons (Fsp3) is 0.643. The molecule has 1 aromatic heterocycles. The van der Waals surface area contributed by atoms with Gasteiger partial charge in [-0.2, -0.15) is 0 Å². The van der Waals surface area contributed by atoms with Crippen LogP contribution in [0.25, 0.3) is 0 Å². The molecule has 0 fully saturated rings. The minimum absolute atomic E-state index is 0.0439. The topological polar surface area (TPSA) is 22.1 Å². The van der Waals surface area contributed by atoms with Crippen molar-refractivity contribution in [2.45, 2.75) is 52.4 Å². The summed E-state index contributed by atoms with van der Waals surface area (Å²) < 4.78 is 5.40. The van der Waals surface area contributed by atoms with E-state index in [1.807, 2.05) is 6.20 Å². The molecule has 0 atom stereocenters. The van der Waals surface area contributed by atoms with Gasteiger partial charge < -0.3 is 4.74 Å². The second kappa shape index (κ2) is 4.08. The van der Waals surface area contributed by atoms with Gasteiger partial charge in [0.1, 0.15) is 0 Å². The second-order valence-electron chi connectivity index (χ2n) is 6.24. The van der Waals surface area contributed by atoms with Crippen LogP contribution in [0.1, 0.15) is 52.7 Å². The standard InChI is InChI=1S/C14H23NO/c1-13(2,3)10-8-9-15-12(16-7)11(10)14(4,5)6/h8-9H,1-7H3. The van der Waals surface area contributed by atoms with E-state index >= 15 is 0 Å². The normalized spacial score (nSPS) is 12.7. The molecule has 0 N–H and O–H groups in total. The number of methoxy groups -OCH3 is 1. The largest absolute Gasteiger partial charge is 0.481 e. The lowest BCUT2D eigenvalue weighted by Crippen LogP contribution is -2.23. The summed E-state index contributed by atoms with van der Waals surface area (Å²) in [7, 11) is 1.68. The van der Waals surface area contributed by atoms with Gasteiger partial charge in [0.15, 0.2) is 0 Å². The van der Waals surface area contributed by atoms with Crippen molar-refractivity contribution in [1.82, 2.24) is 4.98 Å². The third-order valence-corrected chi connectivity index (χ3v) is 2.67. The highest BCUT2D eigenvalue weighted by molar-refractivity contribution is 5.43. The zero-order valence-electron chi connectivity index (χ0n) is 11.5. The average Bonchev–Trinajstić information content (AvgIpc) is 2.13. The number of pyridine rings is 1. The zero-order valence-corrected chi connectivity index (χ0v) is 11.5. The Morgan fingerprint density at radius 1 is 1.00 bits per heavy atom. The van der Waals surface area contributed by atoms with Crippen molar-refractivity contribution in [2.24, 2.45) is 0 Å². The average molecular weight is 221 g/mol. The zero-order chi connectivity index (χ0) is 12.6. The van der Waals surface area contributed by atoms with Crippen LogP contribution in [0, 0.1) is 0 Å². The molecule has 1 rings (SSSR count). The Hall–Kier alpha value is -1.05. The van der Waals surface area contributed by atoms with E-state index in [-0.39, 0.29) is 10.8 Å². The van der Waals surface area contributed by atoms with Crippen LogP contribution >= 0.6 is 0 Å². The van der Waals surface area contributed by atoms with Gasteiger partial charge in [-0.1, -0.05) is 41.5 Å². The van der Waals surface area contributed by atoms with Crippen molar-refractivity contribution in [3.63, 3.8) is 0 Å². The minimum atomic E-state index is 0.0439. The first kappa shape index (κ1) is 13.0. The molecule has 1 aromatic rings. The third-order valence-electron chi connectivity index (χ3n) is 2.67. The summed E-state index contributed by atoms with van der Waals surface area (Å²) in [5, 5.41) is 0. The van der Waals surface area contributed by atoms with Crippen LogP contribution in [0.4, 0.5) is 0 Å². The fourth-order valence-electron chi connectivity index (χ4n) is 1.95. The van der Waals surface area contributed by atoms with Crippen LogP contribution in [0.3, 0.4) is 0 Å². The lowest BCUT2D eigenvalue weighted by Gasteiger charge is -2.30. The molecule has 0 saturated carbocycles. The first-order chi connectivity index (χ1) is 7.18. The molecule has 16 heavy (non-hydrogen) atoms. The summed E-state index contributed by atoms with van der Waals surface area (Å²) in [5.74, 6) is 0.750. The second-order valence-corrected chi connectivity index (χ2v) is 6.24. The van der Waals surface area contributed by atoms with E-state index in [0.717, 1.165) is 5.88 Å². The fourth-order valence-corrected chi connectivity index (χ4v) is 1.95. The van der Waals surface area contributed by atoms with Crippen molar-refractivity contribution in [3.8, 4) is 5.88 Å². The third kappa shape index (κ3) is 2.55. The smallest absolute Gasteiger partial charge is 0.217 e. The summed E-state index contributed by atoms with van der Waals surface area (Å²) in [6, 6.07) is 2.10. The number of ether oxygens (including phenoxy) is 1. The Morgan fingerprint density at radius 2 is 1.56 bits per heavy atom. The Kier molecular flexibility index (Phi) is 3.32. The summed E-state index contributed by atoms with van der Waals surface area (Å²) in [6.45, 7) is 13.2.